The van der Waals surface area contributed by atoms with Gasteiger partial charge >= 0.3 is 5.97 Å². The average Bonchev–Trinajstić information content (AvgIpc) is 3.18. The second-order valence-corrected chi connectivity index (χ2v) is 9.37. The van der Waals surface area contributed by atoms with Crippen molar-refractivity contribution in [1.82, 2.24) is 4.90 Å². The van der Waals surface area contributed by atoms with Gasteiger partial charge in [-0.05, 0) is 31.9 Å². The number of halogens is 5. The van der Waals surface area contributed by atoms with Gasteiger partial charge in [0.15, 0.2) is 23.3 Å². The minimum atomic E-state index is -2.36. The number of nitrogens with zero attached hydrogens (tertiary/aromatic N) is 1. The van der Waals surface area contributed by atoms with Crippen molar-refractivity contribution < 1.29 is 36.3 Å². The Morgan fingerprint density at radius 3 is 2.17 bits per heavy atom. The lowest BCUT2D eigenvalue weighted by atomic mass is 10.0. The van der Waals surface area contributed by atoms with Crippen LogP contribution in [0.5, 0.6) is 0 Å². The number of fused-ring (bicyclic) bond motifs is 1. The third-order valence-corrected chi connectivity index (χ3v) is 6.99. The Bertz CT molecular complexity index is 1080. The number of benzene rings is 1. The van der Waals surface area contributed by atoms with Crippen LogP contribution in [0.1, 0.15) is 77.1 Å². The molecule has 1 aliphatic rings. The van der Waals surface area contributed by atoms with Crippen molar-refractivity contribution in [1.29, 1.82) is 0 Å². The molecule has 1 N–H and O–H groups in total. The van der Waals surface area contributed by atoms with Crippen LogP contribution in [0.4, 0.5) is 27.0 Å². The maximum atomic E-state index is 14.1. The number of esters is 1. The van der Waals surface area contributed by atoms with E-state index in [1.165, 1.54) is 6.42 Å². The molecule has 0 unspecified atom stereocenters. The van der Waals surface area contributed by atoms with E-state index in [9.17, 15) is 31.5 Å². The highest BCUT2D eigenvalue weighted by Crippen LogP contribution is 2.38. The number of anilines is 1. The van der Waals surface area contributed by atoms with Crippen molar-refractivity contribution in [3.05, 3.63) is 50.7 Å². The van der Waals surface area contributed by atoms with E-state index in [0.717, 1.165) is 48.4 Å². The van der Waals surface area contributed by atoms with Gasteiger partial charge in [0.05, 0.1) is 12.2 Å². The smallest absolute Gasteiger partial charge is 0.341 e. The Kier molecular flexibility index (Phi) is 9.23. The summed E-state index contributed by atoms with van der Waals surface area (Å²) >= 11 is 1.03. The molecule has 0 radical (unpaired) electrons. The van der Waals surface area contributed by atoms with Crippen molar-refractivity contribution in [3.63, 3.8) is 0 Å². The van der Waals surface area contributed by atoms with Crippen molar-refractivity contribution in [3.8, 4) is 0 Å². The van der Waals surface area contributed by atoms with Gasteiger partial charge in [-0.25, -0.2) is 26.7 Å². The monoisotopic (exact) mass is 518 g/mol. The van der Waals surface area contributed by atoms with Crippen LogP contribution in [0.3, 0.4) is 0 Å². The van der Waals surface area contributed by atoms with Gasteiger partial charge in [-0.15, -0.1) is 11.3 Å². The predicted octanol–water partition coefficient (Wildman–Crippen LogP) is 6.20. The molecule has 0 fully saturated rings. The first kappa shape index (κ1) is 27.1. The average molecular weight is 519 g/mol. The van der Waals surface area contributed by atoms with Crippen molar-refractivity contribution in [2.45, 2.75) is 58.9 Å². The van der Waals surface area contributed by atoms with Gasteiger partial charge in [0.25, 0.3) is 5.91 Å². The van der Waals surface area contributed by atoms with E-state index < -0.39 is 46.5 Å². The summed E-state index contributed by atoms with van der Waals surface area (Å²) in [6.45, 7) is 5.85. The van der Waals surface area contributed by atoms with E-state index in [1.807, 2.05) is 0 Å². The van der Waals surface area contributed by atoms with Gasteiger partial charge in [-0.1, -0.05) is 32.6 Å². The van der Waals surface area contributed by atoms with Crippen molar-refractivity contribution in [2.75, 3.05) is 25.0 Å². The van der Waals surface area contributed by atoms with E-state index in [1.54, 1.807) is 6.92 Å². The van der Waals surface area contributed by atoms with E-state index in [0.29, 0.717) is 25.1 Å². The van der Waals surface area contributed by atoms with Crippen LogP contribution >= 0.6 is 11.3 Å². The third-order valence-electron chi connectivity index (χ3n) is 5.86. The van der Waals surface area contributed by atoms with E-state index in [4.69, 9.17) is 4.74 Å². The first-order chi connectivity index (χ1) is 16.7. The fraction of sp³-hybridized carbons (Fsp3) is 0.500. The van der Waals surface area contributed by atoms with Crippen LogP contribution in [0, 0.1) is 29.1 Å². The van der Waals surface area contributed by atoms with Crippen LogP contribution in [0.15, 0.2) is 0 Å². The highest BCUT2D eigenvalue weighted by molar-refractivity contribution is 7.17. The molecule has 0 saturated heterocycles. The number of amides is 1. The van der Waals surface area contributed by atoms with Gasteiger partial charge in [-0.2, -0.15) is 0 Å². The molecule has 0 bridgehead atoms. The molecule has 1 amide bonds. The first-order valence-corrected chi connectivity index (χ1v) is 12.4. The van der Waals surface area contributed by atoms with Gasteiger partial charge in [0, 0.05) is 18.0 Å². The minimum Gasteiger partial charge on any atom is -0.462 e. The molecule has 5 nitrogen and oxygen atoms in total. The van der Waals surface area contributed by atoms with Crippen molar-refractivity contribution in [2.24, 2.45) is 0 Å². The molecule has 1 aliphatic heterocycles. The second kappa shape index (κ2) is 11.9. The highest BCUT2D eigenvalue weighted by Gasteiger charge is 2.33. The fourth-order valence-electron chi connectivity index (χ4n) is 4.06. The summed E-state index contributed by atoms with van der Waals surface area (Å²) < 4.78 is 73.9. The summed E-state index contributed by atoms with van der Waals surface area (Å²) in [5.74, 6) is -13.6. The molecule has 2 heterocycles. The molecule has 0 spiro atoms. The molecule has 0 aliphatic carbocycles. The standard InChI is InChI=1S/C24H27F5N2O3S/c1-3-5-6-7-8-10-31-11-9-13-14(12-31)35-23(15(13)24(33)34-4-2)30-22(32)16-17(25)19(27)21(29)20(28)18(16)26/h3-12H2,1-2H3,(H,30,32). The number of nitrogens with one attached hydrogen (secondary N) is 1. The van der Waals surface area contributed by atoms with Gasteiger partial charge in [-0.3, -0.25) is 9.69 Å². The predicted molar refractivity (Wildman–Crippen MR) is 122 cm³/mol. The molecular weight excluding hydrogens is 491 g/mol. The lowest BCUT2D eigenvalue weighted by Crippen LogP contribution is -2.31. The summed E-state index contributed by atoms with van der Waals surface area (Å²) in [5, 5.41) is 2.14. The minimum absolute atomic E-state index is 0.0478. The number of rotatable bonds is 10. The van der Waals surface area contributed by atoms with Gasteiger partial charge in [0.1, 0.15) is 10.6 Å². The van der Waals surface area contributed by atoms with Gasteiger partial charge < -0.3 is 10.1 Å². The molecule has 0 saturated carbocycles. The second-order valence-electron chi connectivity index (χ2n) is 8.27. The summed E-state index contributed by atoms with van der Waals surface area (Å²) in [4.78, 5) is 28.3. The van der Waals surface area contributed by atoms with E-state index >= 15 is 0 Å². The molecule has 3 rings (SSSR count). The SMILES string of the molecule is CCCCCCCN1CCc2c(sc(NC(=O)c3c(F)c(F)c(F)c(F)c3F)c2C(=O)OCC)C1. The number of carbonyl (C=O) groups excluding carboxylic acids is 2. The maximum Gasteiger partial charge on any atom is 0.341 e. The van der Waals surface area contributed by atoms with Crippen LogP contribution in [-0.4, -0.2) is 36.5 Å². The highest BCUT2D eigenvalue weighted by atomic mass is 32.1. The topological polar surface area (TPSA) is 58.6 Å². The first-order valence-electron chi connectivity index (χ1n) is 11.6. The number of ether oxygens (including phenoxy) is 1. The summed E-state index contributed by atoms with van der Waals surface area (Å²) in [6.07, 6.45) is 6.12. The van der Waals surface area contributed by atoms with Crippen LogP contribution in [0.25, 0.3) is 0 Å². The number of hydrogen-bond donors (Lipinski definition) is 1. The normalized spacial score (nSPS) is 13.6. The van der Waals surface area contributed by atoms with E-state index in [2.05, 4.69) is 17.1 Å². The molecule has 1 aromatic heterocycles. The molecule has 192 valence electrons. The molecular formula is C24H27F5N2O3S. The molecule has 2 aromatic rings. The lowest BCUT2D eigenvalue weighted by Gasteiger charge is -2.27. The molecule has 35 heavy (non-hydrogen) atoms. The number of hydrogen-bond acceptors (Lipinski definition) is 5. The summed E-state index contributed by atoms with van der Waals surface area (Å²) in [7, 11) is 0. The number of unbranched alkanes of at least 4 members (excludes halogenated alkanes) is 4. The Morgan fingerprint density at radius 1 is 0.914 bits per heavy atom. The summed E-state index contributed by atoms with van der Waals surface area (Å²) in [5.41, 5.74) is -0.911. The Labute approximate surface area is 204 Å². The van der Waals surface area contributed by atoms with Gasteiger partial charge in [0.2, 0.25) is 5.82 Å². The molecule has 0 atom stereocenters. The summed E-state index contributed by atoms with van der Waals surface area (Å²) in [6, 6.07) is 0. The Balaban J connectivity index is 1.87. The fourth-order valence-corrected chi connectivity index (χ4v) is 5.34. The van der Waals surface area contributed by atoms with E-state index in [-0.39, 0.29) is 17.2 Å². The zero-order valence-electron chi connectivity index (χ0n) is 19.5. The zero-order chi connectivity index (χ0) is 25.7. The van der Waals surface area contributed by atoms with Crippen LogP contribution in [-0.2, 0) is 17.7 Å². The molecule has 1 aromatic carbocycles. The van der Waals surface area contributed by atoms with Crippen LogP contribution < -0.4 is 5.32 Å². The number of thiophene rings is 1. The Hall–Kier alpha value is -2.53. The zero-order valence-corrected chi connectivity index (χ0v) is 20.4. The largest absolute Gasteiger partial charge is 0.462 e. The number of carbonyl (C=O) groups is 2. The quantitative estimate of drug-likeness (QED) is 0.134. The van der Waals surface area contributed by atoms with Crippen molar-refractivity contribution >= 4 is 28.2 Å². The van der Waals surface area contributed by atoms with Crippen LogP contribution in [0.2, 0.25) is 0 Å². The molecule has 11 heteroatoms. The Morgan fingerprint density at radius 2 is 1.54 bits per heavy atom. The third kappa shape index (κ3) is 5.83. The lowest BCUT2D eigenvalue weighted by molar-refractivity contribution is 0.0526. The maximum absolute atomic E-state index is 14.1.